The van der Waals surface area contributed by atoms with Gasteiger partial charge in [0, 0.05) is 6.54 Å². The molecule has 0 aromatic rings. The summed E-state index contributed by atoms with van der Waals surface area (Å²) < 4.78 is 0. The predicted octanol–water partition coefficient (Wildman–Crippen LogP) is 1.16. The van der Waals surface area contributed by atoms with Crippen LogP contribution in [0.1, 0.15) is 39.5 Å². The molecule has 3 atom stereocenters. The molecule has 1 saturated heterocycles. The summed E-state index contributed by atoms with van der Waals surface area (Å²) in [6, 6.07) is -0.298. The van der Waals surface area contributed by atoms with Crippen LogP contribution in [0.5, 0.6) is 0 Å². The molecule has 0 aromatic heterocycles. The summed E-state index contributed by atoms with van der Waals surface area (Å²) in [5.41, 5.74) is 0. The van der Waals surface area contributed by atoms with Crippen molar-refractivity contribution in [3.05, 3.63) is 0 Å². The third-order valence-electron chi connectivity index (χ3n) is 4.08. The topological polar surface area (TPSA) is 49.4 Å². The molecule has 1 heterocycles. The van der Waals surface area contributed by atoms with Crippen LogP contribution < -0.4 is 5.32 Å². The standard InChI is InChI=1S/C13H22N2O2/c1-9-4-3-5-11(6-9)8-15-10(2)13(17)14-7-12(15)16/h9-11H,3-8H2,1-2H3,(H,14,17). The molecular weight excluding hydrogens is 216 g/mol. The average molecular weight is 238 g/mol. The Hall–Kier alpha value is -1.06. The molecule has 1 aliphatic heterocycles. The Bertz CT molecular complexity index is 317. The summed E-state index contributed by atoms with van der Waals surface area (Å²) in [6.45, 7) is 5.03. The van der Waals surface area contributed by atoms with Gasteiger partial charge in [-0.2, -0.15) is 0 Å². The van der Waals surface area contributed by atoms with Crippen molar-refractivity contribution in [2.24, 2.45) is 11.8 Å². The van der Waals surface area contributed by atoms with Crippen LogP contribution in [0.4, 0.5) is 0 Å². The summed E-state index contributed by atoms with van der Waals surface area (Å²) in [4.78, 5) is 25.1. The van der Waals surface area contributed by atoms with Crippen LogP contribution in [0.2, 0.25) is 0 Å². The van der Waals surface area contributed by atoms with Crippen LogP contribution in [0.15, 0.2) is 0 Å². The van der Waals surface area contributed by atoms with Crippen LogP contribution in [0.25, 0.3) is 0 Å². The first-order valence-electron chi connectivity index (χ1n) is 6.65. The third kappa shape index (κ3) is 2.79. The zero-order valence-corrected chi connectivity index (χ0v) is 10.7. The first kappa shape index (κ1) is 12.4. The maximum Gasteiger partial charge on any atom is 0.242 e. The highest BCUT2D eigenvalue weighted by Gasteiger charge is 2.33. The van der Waals surface area contributed by atoms with Crippen LogP contribution in [-0.4, -0.2) is 35.8 Å². The minimum Gasteiger partial charge on any atom is -0.345 e. The Morgan fingerprint density at radius 2 is 2.06 bits per heavy atom. The number of nitrogens with zero attached hydrogens (tertiary/aromatic N) is 1. The van der Waals surface area contributed by atoms with Crippen molar-refractivity contribution in [3.63, 3.8) is 0 Å². The number of carbonyl (C=O) groups is 2. The second-order valence-corrected chi connectivity index (χ2v) is 5.58. The van der Waals surface area contributed by atoms with Gasteiger partial charge in [-0.05, 0) is 31.6 Å². The van der Waals surface area contributed by atoms with Crippen LogP contribution in [0, 0.1) is 11.8 Å². The average Bonchev–Trinajstić information content (AvgIpc) is 2.30. The molecule has 2 amide bonds. The maximum atomic E-state index is 11.8. The molecule has 17 heavy (non-hydrogen) atoms. The van der Waals surface area contributed by atoms with Gasteiger partial charge in [-0.15, -0.1) is 0 Å². The lowest BCUT2D eigenvalue weighted by Crippen LogP contribution is -2.58. The van der Waals surface area contributed by atoms with E-state index >= 15 is 0 Å². The van der Waals surface area contributed by atoms with E-state index in [-0.39, 0.29) is 24.4 Å². The molecule has 4 nitrogen and oxygen atoms in total. The largest absolute Gasteiger partial charge is 0.345 e. The fraction of sp³-hybridized carbons (Fsp3) is 0.846. The summed E-state index contributed by atoms with van der Waals surface area (Å²) in [7, 11) is 0. The number of nitrogens with one attached hydrogen (secondary N) is 1. The maximum absolute atomic E-state index is 11.8. The molecule has 96 valence electrons. The van der Waals surface area contributed by atoms with Crippen molar-refractivity contribution in [2.45, 2.75) is 45.6 Å². The SMILES string of the molecule is CC1CCCC(CN2C(=O)CNC(=O)C2C)C1. The lowest BCUT2D eigenvalue weighted by molar-refractivity contribution is -0.145. The zero-order chi connectivity index (χ0) is 12.4. The molecule has 1 N–H and O–H groups in total. The highest BCUT2D eigenvalue weighted by molar-refractivity contribution is 5.94. The second kappa shape index (κ2) is 5.07. The number of piperazine rings is 1. The van der Waals surface area contributed by atoms with E-state index in [1.165, 1.54) is 25.7 Å². The van der Waals surface area contributed by atoms with Gasteiger partial charge < -0.3 is 10.2 Å². The van der Waals surface area contributed by atoms with E-state index in [0.717, 1.165) is 12.5 Å². The van der Waals surface area contributed by atoms with Crippen molar-refractivity contribution in [1.29, 1.82) is 0 Å². The fourth-order valence-corrected chi connectivity index (χ4v) is 3.03. The van der Waals surface area contributed by atoms with Crippen LogP contribution in [0.3, 0.4) is 0 Å². The molecule has 0 radical (unpaired) electrons. The van der Waals surface area contributed by atoms with Gasteiger partial charge in [0.05, 0.1) is 6.54 Å². The van der Waals surface area contributed by atoms with Crippen molar-refractivity contribution in [1.82, 2.24) is 10.2 Å². The quantitative estimate of drug-likeness (QED) is 0.785. The molecule has 2 rings (SSSR count). The summed E-state index contributed by atoms with van der Waals surface area (Å²) in [6.07, 6.45) is 4.95. The van der Waals surface area contributed by atoms with Gasteiger partial charge in [0.25, 0.3) is 0 Å². The van der Waals surface area contributed by atoms with Crippen molar-refractivity contribution < 1.29 is 9.59 Å². The summed E-state index contributed by atoms with van der Waals surface area (Å²) >= 11 is 0. The highest BCUT2D eigenvalue weighted by Crippen LogP contribution is 2.29. The Kier molecular flexibility index (Phi) is 3.69. The van der Waals surface area contributed by atoms with Gasteiger partial charge >= 0.3 is 0 Å². The first-order chi connectivity index (χ1) is 8.08. The summed E-state index contributed by atoms with van der Waals surface area (Å²) in [5.74, 6) is 1.39. The van der Waals surface area contributed by atoms with Gasteiger partial charge in [-0.25, -0.2) is 0 Å². The van der Waals surface area contributed by atoms with Crippen molar-refractivity contribution in [3.8, 4) is 0 Å². The lowest BCUT2D eigenvalue weighted by atomic mass is 9.82. The number of hydrogen-bond donors (Lipinski definition) is 1. The van der Waals surface area contributed by atoms with E-state index in [4.69, 9.17) is 0 Å². The number of carbonyl (C=O) groups excluding carboxylic acids is 2. The number of amides is 2. The molecule has 1 saturated carbocycles. The van der Waals surface area contributed by atoms with E-state index in [1.54, 1.807) is 4.90 Å². The van der Waals surface area contributed by atoms with E-state index in [0.29, 0.717) is 5.92 Å². The van der Waals surface area contributed by atoms with Crippen molar-refractivity contribution in [2.75, 3.05) is 13.1 Å². The molecule has 0 spiro atoms. The van der Waals surface area contributed by atoms with Crippen molar-refractivity contribution >= 4 is 11.8 Å². The first-order valence-corrected chi connectivity index (χ1v) is 6.65. The van der Waals surface area contributed by atoms with E-state index in [1.807, 2.05) is 6.92 Å². The smallest absolute Gasteiger partial charge is 0.242 e. The summed E-state index contributed by atoms with van der Waals surface area (Å²) in [5, 5.41) is 2.63. The van der Waals surface area contributed by atoms with Crippen LogP contribution >= 0.6 is 0 Å². The molecule has 3 unspecified atom stereocenters. The van der Waals surface area contributed by atoms with Gasteiger partial charge in [0.2, 0.25) is 11.8 Å². The zero-order valence-electron chi connectivity index (χ0n) is 10.7. The molecule has 1 aliphatic carbocycles. The number of hydrogen-bond acceptors (Lipinski definition) is 2. The second-order valence-electron chi connectivity index (χ2n) is 5.58. The Labute approximate surface area is 103 Å². The van der Waals surface area contributed by atoms with Gasteiger partial charge in [-0.1, -0.05) is 19.8 Å². The molecule has 4 heteroatoms. The monoisotopic (exact) mass is 238 g/mol. The number of rotatable bonds is 2. The third-order valence-corrected chi connectivity index (χ3v) is 4.08. The van der Waals surface area contributed by atoms with E-state index < -0.39 is 0 Å². The van der Waals surface area contributed by atoms with Gasteiger partial charge in [0.15, 0.2) is 0 Å². The minimum absolute atomic E-state index is 0.0199. The van der Waals surface area contributed by atoms with Gasteiger partial charge in [0.1, 0.15) is 6.04 Å². The normalized spacial score (nSPS) is 34.7. The van der Waals surface area contributed by atoms with Crippen LogP contribution in [-0.2, 0) is 9.59 Å². The molecule has 2 aliphatic rings. The lowest BCUT2D eigenvalue weighted by Gasteiger charge is -2.37. The Morgan fingerprint density at radius 3 is 2.76 bits per heavy atom. The van der Waals surface area contributed by atoms with E-state index in [2.05, 4.69) is 12.2 Å². The molecular formula is C13H22N2O2. The minimum atomic E-state index is -0.298. The van der Waals surface area contributed by atoms with Gasteiger partial charge in [-0.3, -0.25) is 9.59 Å². The Balaban J connectivity index is 1.96. The fourth-order valence-electron chi connectivity index (χ4n) is 3.03. The van der Waals surface area contributed by atoms with E-state index in [9.17, 15) is 9.59 Å². The molecule has 0 bridgehead atoms. The predicted molar refractivity (Wildman–Crippen MR) is 65.3 cm³/mol. The highest BCUT2D eigenvalue weighted by atomic mass is 16.2. The Morgan fingerprint density at radius 1 is 1.29 bits per heavy atom. The molecule has 2 fully saturated rings. The molecule has 0 aromatic carbocycles.